The van der Waals surface area contributed by atoms with E-state index in [1.807, 2.05) is 13.8 Å². The summed E-state index contributed by atoms with van der Waals surface area (Å²) < 4.78 is 27.3. The third-order valence-electron chi connectivity index (χ3n) is 2.26. The molecule has 5 heteroatoms. The van der Waals surface area contributed by atoms with Crippen molar-refractivity contribution in [1.82, 2.24) is 10.6 Å². The molecule has 0 aliphatic rings. The maximum atomic E-state index is 13.4. The van der Waals surface area contributed by atoms with E-state index in [1.54, 1.807) is 0 Å². The van der Waals surface area contributed by atoms with Gasteiger partial charge in [0.05, 0.1) is 0 Å². The zero-order valence-electron chi connectivity index (χ0n) is 9.99. The molecular weight excluding hydrogens is 290 g/mol. The number of halogens is 3. The van der Waals surface area contributed by atoms with Crippen LogP contribution in [0.3, 0.4) is 0 Å². The van der Waals surface area contributed by atoms with Gasteiger partial charge >= 0.3 is 0 Å². The Labute approximate surface area is 109 Å². The van der Waals surface area contributed by atoms with Gasteiger partial charge in [0.1, 0.15) is 11.6 Å². The van der Waals surface area contributed by atoms with Crippen molar-refractivity contribution in [3.63, 3.8) is 0 Å². The fourth-order valence-corrected chi connectivity index (χ4v) is 1.81. The average molecular weight is 307 g/mol. The van der Waals surface area contributed by atoms with Gasteiger partial charge in [-0.05, 0) is 12.1 Å². The molecule has 96 valence electrons. The summed E-state index contributed by atoms with van der Waals surface area (Å²) in [5.74, 6) is -1.05. The van der Waals surface area contributed by atoms with Gasteiger partial charge < -0.3 is 10.6 Å². The molecule has 0 aromatic heterocycles. The second-order valence-corrected chi connectivity index (χ2v) is 5.05. The lowest BCUT2D eigenvalue weighted by Crippen LogP contribution is -2.31. The van der Waals surface area contributed by atoms with Gasteiger partial charge in [0.25, 0.3) is 0 Å². The summed E-state index contributed by atoms with van der Waals surface area (Å²) in [4.78, 5) is 0. The molecule has 0 saturated carbocycles. The Bertz CT molecular complexity index is 347. The highest BCUT2D eigenvalue weighted by molar-refractivity contribution is 9.10. The summed E-state index contributed by atoms with van der Waals surface area (Å²) in [5, 5.41) is 6.21. The van der Waals surface area contributed by atoms with E-state index in [2.05, 4.69) is 26.6 Å². The minimum absolute atomic E-state index is 0.0812. The first kappa shape index (κ1) is 14.5. The third kappa shape index (κ3) is 5.10. The van der Waals surface area contributed by atoms with E-state index in [1.165, 1.54) is 12.1 Å². The van der Waals surface area contributed by atoms with Crippen LogP contribution in [0, 0.1) is 11.6 Å². The van der Waals surface area contributed by atoms with Crippen molar-refractivity contribution < 1.29 is 8.78 Å². The smallest absolute Gasteiger partial charge is 0.131 e. The van der Waals surface area contributed by atoms with Gasteiger partial charge in [-0.2, -0.15) is 0 Å². The Morgan fingerprint density at radius 3 is 2.29 bits per heavy atom. The minimum Gasteiger partial charge on any atom is -0.313 e. The van der Waals surface area contributed by atoms with Crippen molar-refractivity contribution >= 4 is 15.9 Å². The molecule has 0 bridgehead atoms. The molecule has 0 amide bonds. The Morgan fingerprint density at radius 1 is 1.18 bits per heavy atom. The van der Waals surface area contributed by atoms with Crippen LogP contribution in [0.5, 0.6) is 0 Å². The summed E-state index contributed by atoms with van der Waals surface area (Å²) >= 11 is 3.05. The second kappa shape index (κ2) is 7.03. The van der Waals surface area contributed by atoms with Crippen LogP contribution in [0.25, 0.3) is 0 Å². The van der Waals surface area contributed by atoms with Crippen molar-refractivity contribution in [2.75, 3.05) is 13.1 Å². The second-order valence-electron chi connectivity index (χ2n) is 4.13. The van der Waals surface area contributed by atoms with Crippen molar-refractivity contribution in [2.45, 2.75) is 26.4 Å². The van der Waals surface area contributed by atoms with Gasteiger partial charge in [-0.1, -0.05) is 29.8 Å². The summed E-state index contributed by atoms with van der Waals surface area (Å²) in [5.41, 5.74) is 0.0812. The predicted octanol–water partition coefficient (Wildman–Crippen LogP) is 2.81. The van der Waals surface area contributed by atoms with Crippen LogP contribution < -0.4 is 10.6 Å². The van der Waals surface area contributed by atoms with Crippen LogP contribution in [0.15, 0.2) is 16.6 Å². The average Bonchev–Trinajstić information content (AvgIpc) is 2.20. The number of nitrogens with one attached hydrogen (secondary N) is 2. The maximum Gasteiger partial charge on any atom is 0.131 e. The van der Waals surface area contributed by atoms with E-state index in [4.69, 9.17) is 0 Å². The van der Waals surface area contributed by atoms with Gasteiger partial charge in [0.2, 0.25) is 0 Å². The zero-order chi connectivity index (χ0) is 12.8. The van der Waals surface area contributed by atoms with E-state index in [-0.39, 0.29) is 12.1 Å². The minimum atomic E-state index is -0.527. The Morgan fingerprint density at radius 2 is 1.76 bits per heavy atom. The molecule has 1 aromatic carbocycles. The molecule has 1 aromatic rings. The normalized spacial score (nSPS) is 11.2. The van der Waals surface area contributed by atoms with Crippen molar-refractivity contribution in [2.24, 2.45) is 0 Å². The summed E-state index contributed by atoms with van der Waals surface area (Å²) in [6.45, 7) is 5.75. The lowest BCUT2D eigenvalue weighted by Gasteiger charge is -2.10. The van der Waals surface area contributed by atoms with Gasteiger partial charge in [-0.15, -0.1) is 0 Å². The summed E-state index contributed by atoms with van der Waals surface area (Å²) in [6, 6.07) is 2.96. The first-order valence-corrected chi connectivity index (χ1v) is 6.37. The Hall–Kier alpha value is -0.520. The van der Waals surface area contributed by atoms with E-state index in [9.17, 15) is 8.78 Å². The molecule has 2 N–H and O–H groups in total. The highest BCUT2D eigenvalue weighted by Crippen LogP contribution is 2.19. The largest absolute Gasteiger partial charge is 0.313 e. The maximum absolute atomic E-state index is 13.4. The van der Waals surface area contributed by atoms with Crippen molar-refractivity contribution in [1.29, 1.82) is 0 Å². The van der Waals surface area contributed by atoms with E-state index >= 15 is 0 Å². The predicted molar refractivity (Wildman–Crippen MR) is 68.9 cm³/mol. The fourth-order valence-electron chi connectivity index (χ4n) is 1.40. The molecule has 0 aliphatic carbocycles. The fraction of sp³-hybridized carbons (Fsp3) is 0.500. The highest BCUT2D eigenvalue weighted by atomic mass is 79.9. The molecule has 0 fully saturated rings. The third-order valence-corrected chi connectivity index (χ3v) is 2.72. The number of hydrogen-bond acceptors (Lipinski definition) is 2. The molecule has 17 heavy (non-hydrogen) atoms. The summed E-state index contributed by atoms with van der Waals surface area (Å²) in [7, 11) is 0. The number of benzene rings is 1. The lowest BCUT2D eigenvalue weighted by atomic mass is 10.2. The Balaban J connectivity index is 2.42. The lowest BCUT2D eigenvalue weighted by molar-refractivity contribution is 0.518. The molecule has 0 saturated heterocycles. The quantitative estimate of drug-likeness (QED) is 0.790. The van der Waals surface area contributed by atoms with Gasteiger partial charge in [-0.25, -0.2) is 8.78 Å². The van der Waals surface area contributed by atoms with Crippen LogP contribution >= 0.6 is 15.9 Å². The topological polar surface area (TPSA) is 24.1 Å². The van der Waals surface area contributed by atoms with Crippen molar-refractivity contribution in [3.05, 3.63) is 33.8 Å². The molecule has 0 spiro atoms. The van der Waals surface area contributed by atoms with Crippen molar-refractivity contribution in [3.8, 4) is 0 Å². The zero-order valence-corrected chi connectivity index (χ0v) is 11.6. The van der Waals surface area contributed by atoms with Crippen LogP contribution in [0.2, 0.25) is 0 Å². The first-order valence-electron chi connectivity index (χ1n) is 5.58. The number of rotatable bonds is 6. The van der Waals surface area contributed by atoms with Crippen LogP contribution in [0.4, 0.5) is 8.78 Å². The molecule has 2 nitrogen and oxygen atoms in total. The molecular formula is C12H17BrF2N2. The first-order chi connectivity index (χ1) is 8.00. The monoisotopic (exact) mass is 306 g/mol. The molecule has 0 unspecified atom stereocenters. The summed E-state index contributed by atoms with van der Waals surface area (Å²) in [6.07, 6.45) is 0. The molecule has 0 aliphatic heterocycles. The van der Waals surface area contributed by atoms with Gasteiger partial charge in [-0.3, -0.25) is 0 Å². The highest BCUT2D eigenvalue weighted by Gasteiger charge is 2.09. The van der Waals surface area contributed by atoms with E-state index < -0.39 is 11.6 Å². The Kier molecular flexibility index (Phi) is 6.02. The molecule has 0 atom stereocenters. The van der Waals surface area contributed by atoms with Gasteiger partial charge in [0.15, 0.2) is 0 Å². The van der Waals surface area contributed by atoms with Crippen LogP contribution in [-0.4, -0.2) is 19.1 Å². The molecule has 0 radical (unpaired) electrons. The van der Waals surface area contributed by atoms with Crippen LogP contribution in [-0.2, 0) is 6.54 Å². The van der Waals surface area contributed by atoms with Crippen LogP contribution in [0.1, 0.15) is 19.4 Å². The number of hydrogen-bond donors (Lipinski definition) is 2. The molecule has 1 rings (SSSR count). The SMILES string of the molecule is CC(C)NCCNCc1c(F)cc(Br)cc1F. The standard InChI is InChI=1S/C12H17BrF2N2/c1-8(2)17-4-3-16-7-10-11(14)5-9(13)6-12(10)15/h5-6,8,16-17H,3-4,7H2,1-2H3. The van der Waals surface area contributed by atoms with E-state index in [0.29, 0.717) is 17.1 Å². The van der Waals surface area contributed by atoms with E-state index in [0.717, 1.165) is 6.54 Å². The van der Waals surface area contributed by atoms with Gasteiger partial charge in [0, 0.05) is 35.7 Å². The molecule has 0 heterocycles.